The SMILES string of the molecule is [CH2-]c1ccccc1.[CH3-].[Y]. The third-order valence-corrected chi connectivity index (χ3v) is 0.843. The first-order chi connectivity index (χ1) is 3.39. The fourth-order valence-electron chi connectivity index (χ4n) is 0.478. The first kappa shape index (κ1) is 11.9. The van der Waals surface area contributed by atoms with Gasteiger partial charge in [0.15, 0.2) is 0 Å². The van der Waals surface area contributed by atoms with Gasteiger partial charge in [0.1, 0.15) is 0 Å². The van der Waals surface area contributed by atoms with Crippen LogP contribution in [0.4, 0.5) is 0 Å². The van der Waals surface area contributed by atoms with Gasteiger partial charge in [-0.05, 0) is 0 Å². The first-order valence-corrected chi connectivity index (χ1v) is 2.26. The van der Waals surface area contributed by atoms with Gasteiger partial charge in [-0.3, -0.25) is 0 Å². The van der Waals surface area contributed by atoms with Crippen LogP contribution in [0.5, 0.6) is 0 Å². The van der Waals surface area contributed by atoms with Crippen LogP contribution in [-0.2, 0) is 32.7 Å². The maximum atomic E-state index is 3.72. The predicted molar refractivity (Wildman–Crippen MR) is 37.3 cm³/mol. The molecule has 0 spiro atoms. The van der Waals surface area contributed by atoms with Crippen LogP contribution < -0.4 is 0 Å². The molecule has 0 amide bonds. The van der Waals surface area contributed by atoms with Gasteiger partial charge < -0.3 is 7.43 Å². The molecule has 0 nitrogen and oxygen atoms in total. The van der Waals surface area contributed by atoms with E-state index in [-0.39, 0.29) is 40.1 Å². The van der Waals surface area contributed by atoms with E-state index < -0.39 is 0 Å². The van der Waals surface area contributed by atoms with Gasteiger partial charge in [-0.15, -0.1) is 12.1 Å². The van der Waals surface area contributed by atoms with E-state index in [0.29, 0.717) is 0 Å². The van der Waals surface area contributed by atoms with Crippen LogP contribution in [0.1, 0.15) is 5.56 Å². The van der Waals surface area contributed by atoms with Crippen LogP contribution in [-0.4, -0.2) is 0 Å². The standard InChI is InChI=1S/C7H7.CH3.Y/c1-7-5-3-2-4-6-7;;/h2-6H,1H2;1H3;/q2*-1;. The van der Waals surface area contributed by atoms with Crippen molar-refractivity contribution in [1.29, 1.82) is 0 Å². The van der Waals surface area contributed by atoms with Crippen LogP contribution >= 0.6 is 0 Å². The molecule has 0 aliphatic rings. The molecule has 1 radical (unpaired) electrons. The summed E-state index contributed by atoms with van der Waals surface area (Å²) in [6.45, 7) is 3.72. The average molecular weight is 195 g/mol. The van der Waals surface area contributed by atoms with Crippen molar-refractivity contribution in [1.82, 2.24) is 0 Å². The van der Waals surface area contributed by atoms with Crippen LogP contribution in [0.3, 0.4) is 0 Å². The summed E-state index contributed by atoms with van der Waals surface area (Å²) in [6.07, 6.45) is 0. The Morgan fingerprint density at radius 1 is 1.00 bits per heavy atom. The Morgan fingerprint density at radius 3 is 1.67 bits per heavy atom. The second-order valence-electron chi connectivity index (χ2n) is 1.49. The smallest absolute Gasteiger partial charge is 0 e. The summed E-state index contributed by atoms with van der Waals surface area (Å²) in [5, 5.41) is 0. The number of hydrogen-bond acceptors (Lipinski definition) is 0. The quantitative estimate of drug-likeness (QED) is 0.557. The van der Waals surface area contributed by atoms with Gasteiger partial charge in [0.05, 0.1) is 0 Å². The van der Waals surface area contributed by atoms with E-state index >= 15 is 0 Å². The second-order valence-corrected chi connectivity index (χ2v) is 1.49. The fraction of sp³-hybridized carbons (Fsp3) is 0. The summed E-state index contributed by atoms with van der Waals surface area (Å²) < 4.78 is 0. The van der Waals surface area contributed by atoms with Crippen molar-refractivity contribution in [2.45, 2.75) is 0 Å². The van der Waals surface area contributed by atoms with Crippen LogP contribution in [0.15, 0.2) is 30.3 Å². The van der Waals surface area contributed by atoms with Crippen molar-refractivity contribution in [3.63, 3.8) is 0 Å². The van der Waals surface area contributed by atoms with E-state index in [0.717, 1.165) is 5.56 Å². The minimum atomic E-state index is 0. The molecule has 0 fully saturated rings. The summed E-state index contributed by atoms with van der Waals surface area (Å²) in [5.74, 6) is 0. The minimum Gasteiger partial charge on any atom is -0.358 e. The Morgan fingerprint density at radius 2 is 1.44 bits per heavy atom. The molecule has 47 valence electrons. The van der Waals surface area contributed by atoms with E-state index in [1.807, 2.05) is 30.3 Å². The molecule has 0 aliphatic carbocycles. The van der Waals surface area contributed by atoms with Gasteiger partial charge in [-0.1, -0.05) is 6.07 Å². The topological polar surface area (TPSA) is 0 Å². The van der Waals surface area contributed by atoms with E-state index in [4.69, 9.17) is 0 Å². The van der Waals surface area contributed by atoms with Crippen LogP contribution in [0, 0.1) is 14.4 Å². The van der Waals surface area contributed by atoms with Gasteiger partial charge >= 0.3 is 0 Å². The van der Waals surface area contributed by atoms with E-state index in [1.54, 1.807) is 0 Å². The summed E-state index contributed by atoms with van der Waals surface area (Å²) in [7, 11) is 0. The van der Waals surface area contributed by atoms with Crippen molar-refractivity contribution in [2.24, 2.45) is 0 Å². The van der Waals surface area contributed by atoms with Crippen molar-refractivity contribution in [2.75, 3.05) is 0 Å². The molecule has 1 aromatic rings. The number of benzene rings is 1. The zero-order chi connectivity index (χ0) is 5.11. The van der Waals surface area contributed by atoms with Crippen molar-refractivity contribution >= 4 is 0 Å². The second kappa shape index (κ2) is 6.32. The molecule has 0 unspecified atom stereocenters. The fourth-order valence-corrected chi connectivity index (χ4v) is 0.478. The molecule has 1 heteroatoms. The Bertz CT molecular complexity index is 134. The zero-order valence-electron chi connectivity index (χ0n) is 5.67. The van der Waals surface area contributed by atoms with E-state index in [1.165, 1.54) is 0 Å². The molecule has 0 saturated carbocycles. The Kier molecular flexibility index (Phi) is 8.37. The number of rotatable bonds is 0. The monoisotopic (exact) mass is 195 g/mol. The van der Waals surface area contributed by atoms with Crippen LogP contribution in [0.2, 0.25) is 0 Å². The van der Waals surface area contributed by atoms with Gasteiger partial charge in [0.25, 0.3) is 0 Å². The van der Waals surface area contributed by atoms with Crippen molar-refractivity contribution < 1.29 is 32.7 Å². The molecule has 0 aliphatic heterocycles. The Balaban J connectivity index is 0. The maximum Gasteiger partial charge on any atom is 0 e. The molecule has 0 bridgehead atoms. The van der Waals surface area contributed by atoms with Gasteiger partial charge in [0.2, 0.25) is 0 Å². The Labute approximate surface area is 82.6 Å². The molecule has 0 aromatic heterocycles. The van der Waals surface area contributed by atoms with Crippen molar-refractivity contribution in [3.8, 4) is 0 Å². The van der Waals surface area contributed by atoms with Crippen LogP contribution in [0.25, 0.3) is 0 Å². The molecule has 0 atom stereocenters. The molecular formula is C8H10Y-2. The zero-order valence-corrected chi connectivity index (χ0v) is 8.51. The summed E-state index contributed by atoms with van der Waals surface area (Å²) >= 11 is 0. The van der Waals surface area contributed by atoms with Gasteiger partial charge in [-0.25, -0.2) is 0 Å². The first-order valence-electron chi connectivity index (χ1n) is 2.26. The molecule has 0 heterocycles. The molecule has 1 rings (SSSR count). The summed E-state index contributed by atoms with van der Waals surface area (Å²) in [6, 6.07) is 9.87. The summed E-state index contributed by atoms with van der Waals surface area (Å²) in [4.78, 5) is 0. The maximum absolute atomic E-state index is 3.72. The third kappa shape index (κ3) is 4.68. The normalized spacial score (nSPS) is 6.67. The molecular weight excluding hydrogens is 185 g/mol. The predicted octanol–water partition coefficient (Wildman–Crippen LogP) is 2.32. The van der Waals surface area contributed by atoms with Gasteiger partial charge in [-0.2, -0.15) is 24.6 Å². The Hall–Kier alpha value is 0.194. The largest absolute Gasteiger partial charge is 0.358 e. The van der Waals surface area contributed by atoms with Crippen molar-refractivity contribution in [3.05, 3.63) is 50.2 Å². The molecule has 0 N–H and O–H groups in total. The van der Waals surface area contributed by atoms with E-state index in [9.17, 15) is 0 Å². The summed E-state index contributed by atoms with van der Waals surface area (Å²) in [5.41, 5.74) is 1.07. The molecule has 0 saturated heterocycles. The molecule has 1 aromatic carbocycles. The van der Waals surface area contributed by atoms with Gasteiger partial charge in [0, 0.05) is 32.7 Å². The third-order valence-electron chi connectivity index (χ3n) is 0.843. The van der Waals surface area contributed by atoms with E-state index in [2.05, 4.69) is 6.92 Å². The minimum absolute atomic E-state index is 0. The molecule has 9 heavy (non-hydrogen) atoms. The average Bonchev–Trinajstić information content (AvgIpc) is 1.69. The number of hydrogen-bond donors (Lipinski definition) is 0.